The van der Waals surface area contributed by atoms with E-state index in [1.807, 2.05) is 20.8 Å². The van der Waals surface area contributed by atoms with Crippen LogP contribution in [0.2, 0.25) is 0 Å². The van der Waals surface area contributed by atoms with Gasteiger partial charge in [-0.2, -0.15) is 11.8 Å². The van der Waals surface area contributed by atoms with Crippen LogP contribution >= 0.6 is 11.8 Å². The van der Waals surface area contributed by atoms with Crippen LogP contribution in [0, 0.1) is 11.8 Å². The van der Waals surface area contributed by atoms with Crippen molar-refractivity contribution in [3.63, 3.8) is 0 Å². The molecule has 3 heteroatoms. The first-order valence-corrected chi connectivity index (χ1v) is 6.05. The predicted molar refractivity (Wildman–Crippen MR) is 61.0 cm³/mol. The van der Waals surface area contributed by atoms with Gasteiger partial charge >= 0.3 is 0 Å². The van der Waals surface area contributed by atoms with Crippen molar-refractivity contribution in [2.24, 2.45) is 17.6 Å². The highest BCUT2D eigenvalue weighted by Crippen LogP contribution is 2.22. The van der Waals surface area contributed by atoms with Crippen LogP contribution in [0.1, 0.15) is 27.7 Å². The van der Waals surface area contributed by atoms with Crippen LogP contribution in [0.15, 0.2) is 0 Å². The molecule has 0 heterocycles. The third-order valence-electron chi connectivity index (χ3n) is 2.44. The normalized spacial score (nSPS) is 18.7. The van der Waals surface area contributed by atoms with Crippen molar-refractivity contribution in [3.05, 3.63) is 0 Å². The van der Waals surface area contributed by atoms with Crippen molar-refractivity contribution in [1.82, 2.24) is 0 Å². The minimum absolute atomic E-state index is 0.313. The molecule has 0 spiro atoms. The highest BCUT2D eigenvalue weighted by molar-refractivity contribution is 7.99. The summed E-state index contributed by atoms with van der Waals surface area (Å²) >= 11 is 1.79. The molecule has 13 heavy (non-hydrogen) atoms. The van der Waals surface area contributed by atoms with E-state index in [0.717, 1.165) is 18.1 Å². The average Bonchev–Trinajstić information content (AvgIpc) is 2.03. The Labute approximate surface area is 86.3 Å². The maximum absolute atomic E-state index is 9.93. The number of hydrogen-bond donors (Lipinski definition) is 2. The zero-order chi connectivity index (χ0) is 10.5. The Bertz CT molecular complexity index is 137. The molecule has 2 atom stereocenters. The second kappa shape index (κ2) is 5.89. The third-order valence-corrected chi connectivity index (χ3v) is 4.04. The minimum atomic E-state index is -0.543. The summed E-state index contributed by atoms with van der Waals surface area (Å²) in [6.07, 6.45) is 0. The van der Waals surface area contributed by atoms with Crippen molar-refractivity contribution in [2.75, 3.05) is 18.1 Å². The van der Waals surface area contributed by atoms with Gasteiger partial charge in [-0.15, -0.1) is 0 Å². The fraction of sp³-hybridized carbons (Fsp3) is 1.00. The molecule has 0 aromatic heterocycles. The summed E-state index contributed by atoms with van der Waals surface area (Å²) < 4.78 is 0. The molecule has 0 aromatic carbocycles. The van der Waals surface area contributed by atoms with Gasteiger partial charge in [0.25, 0.3) is 0 Å². The quantitative estimate of drug-likeness (QED) is 0.694. The van der Waals surface area contributed by atoms with E-state index in [0.29, 0.717) is 11.8 Å². The maximum atomic E-state index is 9.93. The molecular weight excluding hydrogens is 182 g/mol. The molecule has 80 valence electrons. The van der Waals surface area contributed by atoms with Gasteiger partial charge in [-0.1, -0.05) is 20.8 Å². The second-order valence-electron chi connectivity index (χ2n) is 4.37. The van der Waals surface area contributed by atoms with Crippen LogP contribution in [-0.2, 0) is 0 Å². The zero-order valence-corrected chi connectivity index (χ0v) is 10.0. The Kier molecular flexibility index (Phi) is 6.01. The molecule has 0 aliphatic carbocycles. The monoisotopic (exact) mass is 205 g/mol. The fourth-order valence-corrected chi connectivity index (χ4v) is 2.10. The first-order valence-electron chi connectivity index (χ1n) is 4.90. The largest absolute Gasteiger partial charge is 0.389 e. The Balaban J connectivity index is 3.63. The molecule has 3 N–H and O–H groups in total. The second-order valence-corrected chi connectivity index (χ2v) is 5.40. The van der Waals surface area contributed by atoms with Gasteiger partial charge in [0, 0.05) is 5.75 Å². The van der Waals surface area contributed by atoms with Crippen molar-refractivity contribution < 1.29 is 5.11 Å². The SMILES string of the molecule is CC(CN)CSCC(C)(O)C(C)C. The molecule has 0 aliphatic rings. The zero-order valence-electron chi connectivity index (χ0n) is 9.21. The van der Waals surface area contributed by atoms with Crippen LogP contribution in [0.5, 0.6) is 0 Å². The number of hydrogen-bond acceptors (Lipinski definition) is 3. The van der Waals surface area contributed by atoms with E-state index in [4.69, 9.17) is 5.73 Å². The molecule has 0 bridgehead atoms. The van der Waals surface area contributed by atoms with Crippen molar-refractivity contribution in [3.8, 4) is 0 Å². The summed E-state index contributed by atoms with van der Waals surface area (Å²) in [5.74, 6) is 2.70. The predicted octanol–water partition coefficient (Wildman–Crippen LogP) is 1.72. The summed E-state index contributed by atoms with van der Waals surface area (Å²) in [7, 11) is 0. The van der Waals surface area contributed by atoms with Crippen molar-refractivity contribution in [1.29, 1.82) is 0 Å². The Morgan fingerprint density at radius 1 is 1.38 bits per heavy atom. The molecule has 0 saturated carbocycles. The molecule has 0 aliphatic heterocycles. The summed E-state index contributed by atoms with van der Waals surface area (Å²) in [5.41, 5.74) is 4.96. The lowest BCUT2D eigenvalue weighted by atomic mass is 9.95. The highest BCUT2D eigenvalue weighted by Gasteiger charge is 2.24. The third kappa shape index (κ3) is 5.55. The minimum Gasteiger partial charge on any atom is -0.389 e. The van der Waals surface area contributed by atoms with Crippen LogP contribution in [0.3, 0.4) is 0 Å². The van der Waals surface area contributed by atoms with Crippen LogP contribution < -0.4 is 5.73 Å². The lowest BCUT2D eigenvalue weighted by Gasteiger charge is -2.27. The first kappa shape index (κ1) is 13.3. The van der Waals surface area contributed by atoms with Crippen LogP contribution in [0.4, 0.5) is 0 Å². The molecule has 0 rings (SSSR count). The summed E-state index contributed by atoms with van der Waals surface area (Å²) in [6, 6.07) is 0. The molecule has 2 nitrogen and oxygen atoms in total. The van der Waals surface area contributed by atoms with Crippen LogP contribution in [-0.4, -0.2) is 28.8 Å². The Hall–Kier alpha value is 0.270. The molecule has 0 amide bonds. The number of nitrogens with two attached hydrogens (primary N) is 1. The van der Waals surface area contributed by atoms with E-state index in [1.165, 1.54) is 0 Å². The van der Waals surface area contributed by atoms with Gasteiger partial charge < -0.3 is 10.8 Å². The van der Waals surface area contributed by atoms with Crippen molar-refractivity contribution in [2.45, 2.75) is 33.3 Å². The Morgan fingerprint density at radius 3 is 2.31 bits per heavy atom. The van der Waals surface area contributed by atoms with E-state index in [1.54, 1.807) is 11.8 Å². The van der Waals surface area contributed by atoms with Gasteiger partial charge in [0.2, 0.25) is 0 Å². The molecule has 0 fully saturated rings. The van der Waals surface area contributed by atoms with E-state index < -0.39 is 5.60 Å². The average molecular weight is 205 g/mol. The van der Waals surface area contributed by atoms with Gasteiger partial charge in [0.05, 0.1) is 5.60 Å². The highest BCUT2D eigenvalue weighted by atomic mass is 32.2. The Morgan fingerprint density at radius 2 is 1.92 bits per heavy atom. The lowest BCUT2D eigenvalue weighted by molar-refractivity contribution is 0.0376. The molecule has 2 unspecified atom stereocenters. The summed E-state index contributed by atoms with van der Waals surface area (Å²) in [4.78, 5) is 0. The van der Waals surface area contributed by atoms with E-state index in [2.05, 4.69) is 6.92 Å². The van der Waals surface area contributed by atoms with Gasteiger partial charge in [-0.3, -0.25) is 0 Å². The van der Waals surface area contributed by atoms with Gasteiger partial charge in [0.1, 0.15) is 0 Å². The molecule has 0 aromatic rings. The number of aliphatic hydroxyl groups is 1. The fourth-order valence-electron chi connectivity index (χ4n) is 0.701. The number of thioether (sulfide) groups is 1. The summed E-state index contributed by atoms with van der Waals surface area (Å²) in [5, 5.41) is 9.93. The molecular formula is C10H23NOS. The molecule has 0 saturated heterocycles. The maximum Gasteiger partial charge on any atom is 0.0732 e. The standard InChI is InChI=1S/C10H23NOS/c1-8(2)10(4,12)7-13-6-9(3)5-11/h8-9,12H,5-7,11H2,1-4H3. The van der Waals surface area contributed by atoms with Gasteiger partial charge in [0.15, 0.2) is 0 Å². The van der Waals surface area contributed by atoms with E-state index in [-0.39, 0.29) is 0 Å². The smallest absolute Gasteiger partial charge is 0.0732 e. The van der Waals surface area contributed by atoms with Gasteiger partial charge in [-0.25, -0.2) is 0 Å². The van der Waals surface area contributed by atoms with Crippen molar-refractivity contribution >= 4 is 11.8 Å². The summed E-state index contributed by atoms with van der Waals surface area (Å²) in [6.45, 7) is 8.87. The first-order chi connectivity index (χ1) is 5.90. The van der Waals surface area contributed by atoms with Gasteiger partial charge in [-0.05, 0) is 31.1 Å². The topological polar surface area (TPSA) is 46.2 Å². The van der Waals surface area contributed by atoms with E-state index >= 15 is 0 Å². The molecule has 0 radical (unpaired) electrons. The lowest BCUT2D eigenvalue weighted by Crippen LogP contribution is -2.34. The van der Waals surface area contributed by atoms with E-state index in [9.17, 15) is 5.11 Å². The number of rotatable bonds is 6. The van der Waals surface area contributed by atoms with Crippen LogP contribution in [0.25, 0.3) is 0 Å².